The summed E-state index contributed by atoms with van der Waals surface area (Å²) >= 11 is 1.01. The van der Waals surface area contributed by atoms with E-state index < -0.39 is 21.8 Å². The topological polar surface area (TPSA) is 91.9 Å². The summed E-state index contributed by atoms with van der Waals surface area (Å²) in [5.41, 5.74) is -0.354. The molecule has 1 aromatic heterocycles. The molecule has 0 aliphatic carbocycles. The van der Waals surface area contributed by atoms with Gasteiger partial charge in [-0.3, -0.25) is 4.57 Å². The van der Waals surface area contributed by atoms with Gasteiger partial charge in [-0.1, -0.05) is 43.8 Å². The van der Waals surface area contributed by atoms with Crippen LogP contribution in [-0.2, 0) is 16.2 Å². The molecule has 0 atom stereocenters. The number of hydrogen-bond donors (Lipinski definition) is 0. The molecule has 0 saturated heterocycles. The third-order valence-electron chi connectivity index (χ3n) is 4.77. The first-order valence-electron chi connectivity index (χ1n) is 9.86. The van der Waals surface area contributed by atoms with Gasteiger partial charge >= 0.3 is 6.18 Å². The number of halogens is 3. The van der Waals surface area contributed by atoms with Crippen LogP contribution in [0.1, 0.15) is 19.4 Å². The molecule has 1 heterocycles. The molecule has 3 aromatic rings. The molecule has 33 heavy (non-hydrogen) atoms. The Labute approximate surface area is 193 Å². The van der Waals surface area contributed by atoms with E-state index in [9.17, 15) is 21.6 Å². The van der Waals surface area contributed by atoms with E-state index >= 15 is 0 Å². The molecule has 3 rings (SSSR count). The monoisotopic (exact) mass is 495 g/mol. The number of hydrogen-bond acceptors (Lipinski definition) is 6. The highest BCUT2D eigenvalue weighted by Crippen LogP contribution is 2.34. The van der Waals surface area contributed by atoms with Gasteiger partial charge in [0.15, 0.2) is 11.0 Å². The van der Waals surface area contributed by atoms with E-state index in [0.717, 1.165) is 23.9 Å². The fraction of sp³-hybridized carbons (Fsp3) is 0.286. The van der Waals surface area contributed by atoms with Crippen molar-refractivity contribution in [3.8, 4) is 23.1 Å². The van der Waals surface area contributed by atoms with Crippen molar-refractivity contribution in [2.45, 2.75) is 30.1 Å². The van der Waals surface area contributed by atoms with Crippen LogP contribution in [-0.4, -0.2) is 46.3 Å². The Morgan fingerprint density at radius 3 is 2.42 bits per heavy atom. The highest BCUT2D eigenvalue weighted by atomic mass is 32.2. The molecule has 0 N–H and O–H groups in total. The predicted molar refractivity (Wildman–Crippen MR) is 118 cm³/mol. The second kappa shape index (κ2) is 9.94. The zero-order valence-corrected chi connectivity index (χ0v) is 19.4. The summed E-state index contributed by atoms with van der Waals surface area (Å²) in [5, 5.41) is 17.3. The zero-order valence-electron chi connectivity index (χ0n) is 17.7. The number of sulfonamides is 1. The van der Waals surface area contributed by atoms with E-state index in [-0.39, 0.29) is 27.3 Å². The Bertz CT molecular complexity index is 1280. The van der Waals surface area contributed by atoms with E-state index in [2.05, 4.69) is 10.2 Å². The minimum atomic E-state index is -4.55. The maximum Gasteiger partial charge on any atom is 0.416 e. The summed E-state index contributed by atoms with van der Waals surface area (Å²) in [6.07, 6.45) is -4.55. The van der Waals surface area contributed by atoms with Crippen LogP contribution in [0.2, 0.25) is 0 Å². The third-order valence-corrected chi connectivity index (χ3v) is 7.61. The summed E-state index contributed by atoms with van der Waals surface area (Å²) < 4.78 is 68.5. The fourth-order valence-electron chi connectivity index (χ4n) is 3.21. The molecule has 0 saturated carbocycles. The largest absolute Gasteiger partial charge is 0.416 e. The van der Waals surface area contributed by atoms with E-state index in [1.807, 2.05) is 6.07 Å². The van der Waals surface area contributed by atoms with Gasteiger partial charge in [0.2, 0.25) is 10.0 Å². The number of rotatable bonds is 8. The van der Waals surface area contributed by atoms with Crippen molar-refractivity contribution in [2.24, 2.45) is 0 Å². The highest BCUT2D eigenvalue weighted by molar-refractivity contribution is 7.99. The smallest absolute Gasteiger partial charge is 0.270 e. The first-order valence-corrected chi connectivity index (χ1v) is 12.3. The predicted octanol–water partition coefficient (Wildman–Crippen LogP) is 4.60. The minimum Gasteiger partial charge on any atom is -0.270 e. The molecule has 12 heteroatoms. The highest BCUT2D eigenvalue weighted by Gasteiger charge is 2.31. The van der Waals surface area contributed by atoms with Gasteiger partial charge in [0.1, 0.15) is 0 Å². The molecule has 0 aliphatic rings. The Hall–Kier alpha value is -2.88. The van der Waals surface area contributed by atoms with Crippen molar-refractivity contribution in [3.05, 3.63) is 54.1 Å². The van der Waals surface area contributed by atoms with E-state index in [1.165, 1.54) is 33.1 Å². The Kier molecular flexibility index (Phi) is 7.46. The molecular weight excluding hydrogens is 475 g/mol. The Balaban J connectivity index is 2.18. The lowest BCUT2D eigenvalue weighted by Gasteiger charge is -2.19. The van der Waals surface area contributed by atoms with Gasteiger partial charge in [-0.25, -0.2) is 8.42 Å². The quantitative estimate of drug-likeness (QED) is 0.424. The van der Waals surface area contributed by atoms with Crippen LogP contribution >= 0.6 is 11.8 Å². The van der Waals surface area contributed by atoms with Gasteiger partial charge in [0.25, 0.3) is 0 Å². The van der Waals surface area contributed by atoms with Gasteiger partial charge in [-0.05, 0) is 30.3 Å². The van der Waals surface area contributed by atoms with Gasteiger partial charge < -0.3 is 0 Å². The van der Waals surface area contributed by atoms with Crippen molar-refractivity contribution in [1.82, 2.24) is 19.1 Å². The molecule has 0 bridgehead atoms. The first kappa shape index (κ1) is 24.8. The van der Waals surface area contributed by atoms with Crippen molar-refractivity contribution in [3.63, 3.8) is 0 Å². The normalized spacial score (nSPS) is 12.2. The summed E-state index contributed by atoms with van der Waals surface area (Å²) in [5.74, 6) is 0.166. The van der Waals surface area contributed by atoms with Gasteiger partial charge in [-0.15, -0.1) is 10.2 Å². The van der Waals surface area contributed by atoms with Crippen molar-refractivity contribution in [1.29, 1.82) is 5.26 Å². The lowest BCUT2D eigenvalue weighted by Crippen LogP contribution is -2.30. The fourth-order valence-corrected chi connectivity index (χ4v) is 5.33. The molecule has 174 valence electrons. The van der Waals surface area contributed by atoms with Crippen LogP contribution < -0.4 is 0 Å². The molecular formula is C21H20F3N5O2S2. The zero-order chi connectivity index (χ0) is 24.2. The van der Waals surface area contributed by atoms with E-state index in [0.29, 0.717) is 18.7 Å². The van der Waals surface area contributed by atoms with E-state index in [1.54, 1.807) is 26.0 Å². The van der Waals surface area contributed by atoms with Crippen LogP contribution in [0.5, 0.6) is 0 Å². The van der Waals surface area contributed by atoms with Crippen molar-refractivity contribution >= 4 is 21.8 Å². The minimum absolute atomic E-state index is 0.00741. The molecule has 0 aliphatic heterocycles. The van der Waals surface area contributed by atoms with Crippen molar-refractivity contribution < 1.29 is 21.6 Å². The Morgan fingerprint density at radius 1 is 1.09 bits per heavy atom. The lowest BCUT2D eigenvalue weighted by atomic mass is 10.1. The average molecular weight is 496 g/mol. The molecule has 7 nitrogen and oxygen atoms in total. The van der Waals surface area contributed by atoms with Crippen LogP contribution in [0.4, 0.5) is 13.2 Å². The number of thioether (sulfide) groups is 1. The summed E-state index contributed by atoms with van der Waals surface area (Å²) in [6.45, 7) is 4.04. The van der Waals surface area contributed by atoms with Gasteiger partial charge in [0.05, 0.1) is 28.0 Å². The third kappa shape index (κ3) is 5.21. The molecule has 0 spiro atoms. The molecule has 0 radical (unpaired) electrons. The number of benzene rings is 2. The SMILES string of the molecule is CCN(CC)S(=O)(=O)c1cccc(-c2nnc(SCC#N)n2-c2cccc(C(F)(F)F)c2)c1. The number of alkyl halides is 3. The first-order chi connectivity index (χ1) is 15.6. The number of aromatic nitrogens is 3. The second-order valence-electron chi connectivity index (χ2n) is 6.75. The maximum absolute atomic E-state index is 13.3. The molecule has 0 unspecified atom stereocenters. The molecule has 0 fully saturated rings. The van der Waals surface area contributed by atoms with Crippen molar-refractivity contribution in [2.75, 3.05) is 18.8 Å². The number of nitrogens with zero attached hydrogens (tertiary/aromatic N) is 5. The Morgan fingerprint density at radius 2 is 1.79 bits per heavy atom. The lowest BCUT2D eigenvalue weighted by molar-refractivity contribution is -0.137. The van der Waals surface area contributed by atoms with E-state index in [4.69, 9.17) is 5.26 Å². The summed E-state index contributed by atoms with van der Waals surface area (Å²) in [4.78, 5) is 0.0357. The number of nitriles is 1. The van der Waals surface area contributed by atoms with Gasteiger partial charge in [0, 0.05) is 18.7 Å². The molecule has 2 aromatic carbocycles. The maximum atomic E-state index is 13.3. The van der Waals surface area contributed by atoms with Crippen LogP contribution in [0.3, 0.4) is 0 Å². The summed E-state index contributed by atoms with van der Waals surface area (Å²) in [7, 11) is -3.76. The van der Waals surface area contributed by atoms with Gasteiger partial charge in [-0.2, -0.15) is 22.7 Å². The van der Waals surface area contributed by atoms with Crippen LogP contribution in [0, 0.1) is 11.3 Å². The average Bonchev–Trinajstić information content (AvgIpc) is 3.22. The standard InChI is InChI=1S/C21H20F3N5O2S2/c1-3-28(4-2)33(30,31)18-10-5-7-15(13-18)19-26-27-20(32-12-11-25)29(19)17-9-6-8-16(14-17)21(22,23)24/h5-10,13-14H,3-4,12H2,1-2H3. The van der Waals surface area contributed by atoms with Crippen LogP contribution in [0.25, 0.3) is 17.1 Å². The molecule has 0 amide bonds. The second-order valence-corrected chi connectivity index (χ2v) is 9.63. The summed E-state index contributed by atoms with van der Waals surface area (Å²) in [6, 6.07) is 12.6. The van der Waals surface area contributed by atoms with Crippen LogP contribution in [0.15, 0.2) is 58.6 Å².